The number of benzene rings is 1. The Hall–Kier alpha value is -2.47. The fourth-order valence-corrected chi connectivity index (χ4v) is 3.54. The van der Waals surface area contributed by atoms with Crippen LogP contribution in [0.5, 0.6) is 0 Å². The van der Waals surface area contributed by atoms with Crippen LogP contribution in [0.2, 0.25) is 5.02 Å². The quantitative estimate of drug-likeness (QED) is 0.656. The van der Waals surface area contributed by atoms with E-state index < -0.39 is 17.7 Å². The fraction of sp³-hybridized carbons (Fsp3) is 0.222. The highest BCUT2D eigenvalue weighted by Crippen LogP contribution is 2.33. The van der Waals surface area contributed by atoms with Gasteiger partial charge in [-0.1, -0.05) is 11.6 Å². The van der Waals surface area contributed by atoms with Gasteiger partial charge in [-0.15, -0.1) is 0 Å². The van der Waals surface area contributed by atoms with E-state index in [2.05, 4.69) is 5.10 Å². The summed E-state index contributed by atoms with van der Waals surface area (Å²) in [5.41, 5.74) is 1.56. The summed E-state index contributed by atoms with van der Waals surface area (Å²) < 4.78 is 29.7. The molecule has 0 fully saturated rings. The average Bonchev–Trinajstić information content (AvgIpc) is 3.00. The molecule has 0 bridgehead atoms. The molecule has 0 radical (unpaired) electrons. The van der Waals surface area contributed by atoms with Gasteiger partial charge in [0, 0.05) is 18.3 Å². The van der Waals surface area contributed by atoms with Gasteiger partial charge in [-0.05, 0) is 49.2 Å². The van der Waals surface area contributed by atoms with Crippen molar-refractivity contribution in [3.63, 3.8) is 0 Å². The molecule has 4 rings (SSSR count). The number of aromatic nitrogens is 2. The molecule has 1 amide bonds. The monoisotopic (exact) mass is 361 g/mol. The van der Waals surface area contributed by atoms with Gasteiger partial charge in [-0.2, -0.15) is 5.10 Å². The first-order valence-electron chi connectivity index (χ1n) is 7.88. The molecular formula is C18H14ClF2N3O. The Morgan fingerprint density at radius 1 is 1.24 bits per heavy atom. The SMILES string of the molecule is CC1c2c(F)ccc(F)c2CCN1C(=O)c1cc2ccc(Cl)cn2n1. The number of carbonyl (C=O) groups is 1. The molecule has 4 nitrogen and oxygen atoms in total. The average molecular weight is 362 g/mol. The van der Waals surface area contributed by atoms with Gasteiger partial charge in [-0.25, -0.2) is 13.3 Å². The van der Waals surface area contributed by atoms with Gasteiger partial charge in [-0.3, -0.25) is 4.79 Å². The summed E-state index contributed by atoms with van der Waals surface area (Å²) in [6.45, 7) is 2.01. The summed E-state index contributed by atoms with van der Waals surface area (Å²) in [4.78, 5) is 14.4. The van der Waals surface area contributed by atoms with Crippen molar-refractivity contribution >= 4 is 23.0 Å². The first-order chi connectivity index (χ1) is 12.0. The van der Waals surface area contributed by atoms with Crippen LogP contribution >= 0.6 is 11.6 Å². The topological polar surface area (TPSA) is 37.6 Å². The highest BCUT2D eigenvalue weighted by molar-refractivity contribution is 6.30. The maximum absolute atomic E-state index is 14.2. The molecule has 1 aliphatic rings. The van der Waals surface area contributed by atoms with Gasteiger partial charge in [0.15, 0.2) is 5.69 Å². The third-order valence-corrected chi connectivity index (χ3v) is 4.86. The number of carbonyl (C=O) groups excluding carboxylic acids is 1. The van der Waals surface area contributed by atoms with E-state index in [1.165, 1.54) is 9.42 Å². The summed E-state index contributed by atoms with van der Waals surface area (Å²) in [7, 11) is 0. The minimum atomic E-state index is -0.569. The molecule has 7 heteroatoms. The molecule has 0 spiro atoms. The van der Waals surface area contributed by atoms with E-state index in [9.17, 15) is 13.6 Å². The molecular weight excluding hydrogens is 348 g/mol. The molecule has 0 saturated carbocycles. The third kappa shape index (κ3) is 2.57. The molecule has 0 aliphatic carbocycles. The van der Waals surface area contributed by atoms with E-state index >= 15 is 0 Å². The molecule has 128 valence electrons. The van der Waals surface area contributed by atoms with Gasteiger partial charge in [0.2, 0.25) is 0 Å². The summed E-state index contributed by atoms with van der Waals surface area (Å²) in [6, 6.07) is 6.79. The largest absolute Gasteiger partial charge is 0.330 e. The molecule has 25 heavy (non-hydrogen) atoms. The lowest BCUT2D eigenvalue weighted by Gasteiger charge is -2.35. The van der Waals surface area contributed by atoms with E-state index in [4.69, 9.17) is 11.6 Å². The second kappa shape index (κ2) is 5.81. The zero-order valence-corrected chi connectivity index (χ0v) is 14.1. The van der Waals surface area contributed by atoms with Gasteiger partial charge in [0.05, 0.1) is 16.6 Å². The van der Waals surface area contributed by atoms with Gasteiger partial charge in [0.25, 0.3) is 5.91 Å². The Morgan fingerprint density at radius 2 is 2.00 bits per heavy atom. The van der Waals surface area contributed by atoms with Crippen LogP contribution in [-0.4, -0.2) is 27.0 Å². The number of hydrogen-bond donors (Lipinski definition) is 0. The molecule has 1 atom stereocenters. The zero-order valence-electron chi connectivity index (χ0n) is 13.3. The van der Waals surface area contributed by atoms with Crippen molar-refractivity contribution in [3.8, 4) is 0 Å². The summed E-state index contributed by atoms with van der Waals surface area (Å²) in [6.07, 6.45) is 1.88. The number of pyridine rings is 1. The van der Waals surface area contributed by atoms with Crippen LogP contribution in [0.15, 0.2) is 36.5 Å². The highest BCUT2D eigenvalue weighted by Gasteiger charge is 2.33. The van der Waals surface area contributed by atoms with Crippen molar-refractivity contribution < 1.29 is 13.6 Å². The lowest BCUT2D eigenvalue weighted by atomic mass is 9.92. The smallest absolute Gasteiger partial charge is 0.274 e. The Bertz CT molecular complexity index is 1000. The summed E-state index contributed by atoms with van der Waals surface area (Å²) in [5, 5.41) is 4.76. The Kier molecular flexibility index (Phi) is 3.72. The van der Waals surface area contributed by atoms with Crippen LogP contribution in [-0.2, 0) is 6.42 Å². The van der Waals surface area contributed by atoms with Crippen LogP contribution in [0.4, 0.5) is 8.78 Å². The number of rotatable bonds is 1. The molecule has 1 aliphatic heterocycles. The second-order valence-corrected chi connectivity index (χ2v) is 6.53. The standard InChI is InChI=1S/C18H14ClF2N3O/c1-10-17-13(14(20)4-5-15(17)21)6-7-23(10)18(25)16-8-12-3-2-11(19)9-24(12)22-16/h2-5,8-10H,6-7H2,1H3. The van der Waals surface area contributed by atoms with E-state index in [-0.39, 0.29) is 23.6 Å². The molecule has 0 saturated heterocycles. The van der Waals surface area contributed by atoms with Crippen LogP contribution in [0, 0.1) is 11.6 Å². The van der Waals surface area contributed by atoms with E-state index in [1.807, 2.05) is 0 Å². The van der Waals surface area contributed by atoms with E-state index in [0.717, 1.165) is 17.6 Å². The van der Waals surface area contributed by atoms with Gasteiger partial charge >= 0.3 is 0 Å². The normalized spacial score (nSPS) is 17.0. The Morgan fingerprint density at radius 3 is 2.80 bits per heavy atom. The minimum Gasteiger partial charge on any atom is -0.330 e. The number of hydrogen-bond acceptors (Lipinski definition) is 2. The molecule has 1 aromatic carbocycles. The second-order valence-electron chi connectivity index (χ2n) is 6.09. The summed E-state index contributed by atoms with van der Waals surface area (Å²) >= 11 is 5.93. The minimum absolute atomic E-state index is 0.242. The van der Waals surface area contributed by atoms with Crippen molar-refractivity contribution in [3.05, 3.63) is 70.0 Å². The molecule has 2 aromatic heterocycles. The number of halogens is 3. The molecule has 0 N–H and O–H groups in total. The molecule has 1 unspecified atom stereocenters. The number of fused-ring (bicyclic) bond motifs is 2. The molecule has 3 heterocycles. The predicted molar refractivity (Wildman–Crippen MR) is 89.7 cm³/mol. The van der Waals surface area contributed by atoms with Crippen LogP contribution in [0.25, 0.3) is 5.52 Å². The Balaban J connectivity index is 1.71. The van der Waals surface area contributed by atoms with E-state index in [1.54, 1.807) is 31.3 Å². The maximum Gasteiger partial charge on any atom is 0.274 e. The lowest BCUT2D eigenvalue weighted by molar-refractivity contribution is 0.0665. The number of nitrogens with zero attached hydrogens (tertiary/aromatic N) is 3. The third-order valence-electron chi connectivity index (χ3n) is 4.64. The highest BCUT2D eigenvalue weighted by atomic mass is 35.5. The van der Waals surface area contributed by atoms with Crippen molar-refractivity contribution in [1.82, 2.24) is 14.5 Å². The molecule has 3 aromatic rings. The van der Waals surface area contributed by atoms with Crippen molar-refractivity contribution in [1.29, 1.82) is 0 Å². The van der Waals surface area contributed by atoms with E-state index in [0.29, 0.717) is 17.1 Å². The van der Waals surface area contributed by atoms with Crippen LogP contribution in [0.3, 0.4) is 0 Å². The van der Waals surface area contributed by atoms with Crippen molar-refractivity contribution in [2.24, 2.45) is 0 Å². The van der Waals surface area contributed by atoms with Gasteiger partial charge in [0.1, 0.15) is 11.6 Å². The van der Waals surface area contributed by atoms with Crippen LogP contribution < -0.4 is 0 Å². The van der Waals surface area contributed by atoms with Crippen molar-refractivity contribution in [2.75, 3.05) is 6.54 Å². The number of amides is 1. The Labute approximate surface area is 147 Å². The first-order valence-corrected chi connectivity index (χ1v) is 8.26. The maximum atomic E-state index is 14.2. The summed E-state index contributed by atoms with van der Waals surface area (Å²) in [5.74, 6) is -1.25. The zero-order chi connectivity index (χ0) is 17.7. The van der Waals surface area contributed by atoms with Crippen molar-refractivity contribution in [2.45, 2.75) is 19.4 Å². The predicted octanol–water partition coefficient (Wildman–Crippen LogP) is 4.03. The first kappa shape index (κ1) is 16.0. The lowest BCUT2D eigenvalue weighted by Crippen LogP contribution is -2.40. The van der Waals surface area contributed by atoms with Crippen LogP contribution in [0.1, 0.15) is 34.6 Å². The fourth-order valence-electron chi connectivity index (χ4n) is 3.39. The van der Waals surface area contributed by atoms with Gasteiger partial charge < -0.3 is 4.90 Å².